The highest BCUT2D eigenvalue weighted by atomic mass is 16.5. The van der Waals surface area contributed by atoms with E-state index in [1.165, 1.54) is 7.11 Å². The van der Waals surface area contributed by atoms with Crippen molar-refractivity contribution in [1.29, 1.82) is 0 Å². The second kappa shape index (κ2) is 3.98. The second-order valence-electron chi connectivity index (χ2n) is 2.72. The van der Waals surface area contributed by atoms with Crippen LogP contribution in [0.3, 0.4) is 0 Å². The van der Waals surface area contributed by atoms with Gasteiger partial charge in [0.15, 0.2) is 5.88 Å². The van der Waals surface area contributed by atoms with E-state index in [1.807, 2.05) is 13.0 Å². The third-order valence-electron chi connectivity index (χ3n) is 1.80. The van der Waals surface area contributed by atoms with Crippen LogP contribution in [0.15, 0.2) is 10.5 Å². The highest BCUT2D eigenvalue weighted by molar-refractivity contribution is 5.72. The summed E-state index contributed by atoms with van der Waals surface area (Å²) in [5, 5.41) is 2.86. The Morgan fingerprint density at radius 2 is 2.38 bits per heavy atom. The molecular weight excluding hydrogens is 170 g/mol. The number of rotatable bonds is 3. The molecule has 1 heterocycles. The number of nitrogens with one attached hydrogen (secondary N) is 1. The first-order valence-corrected chi connectivity index (χ1v) is 4.01. The smallest absolute Gasteiger partial charge is 0.313 e. The summed E-state index contributed by atoms with van der Waals surface area (Å²) in [6.45, 7) is 1.89. The van der Waals surface area contributed by atoms with Gasteiger partial charge in [-0.15, -0.1) is 0 Å². The van der Waals surface area contributed by atoms with Gasteiger partial charge in [0.05, 0.1) is 7.11 Å². The summed E-state index contributed by atoms with van der Waals surface area (Å²) < 4.78 is 9.86. The third-order valence-corrected chi connectivity index (χ3v) is 1.80. The van der Waals surface area contributed by atoms with Crippen LogP contribution in [0.1, 0.15) is 11.3 Å². The monoisotopic (exact) mass is 183 g/mol. The topological polar surface area (TPSA) is 51.5 Å². The Labute approximate surface area is 76.9 Å². The van der Waals surface area contributed by atoms with Crippen LogP contribution >= 0.6 is 0 Å². The largest absolute Gasteiger partial charge is 0.469 e. The number of hydrogen-bond donors (Lipinski definition) is 1. The number of esters is 1. The lowest BCUT2D eigenvalue weighted by molar-refractivity contribution is -0.140. The van der Waals surface area contributed by atoms with Crippen LogP contribution in [0.5, 0.6) is 0 Å². The zero-order valence-corrected chi connectivity index (χ0v) is 8.01. The van der Waals surface area contributed by atoms with Crippen molar-refractivity contribution in [2.75, 3.05) is 19.5 Å². The van der Waals surface area contributed by atoms with Gasteiger partial charge in [-0.2, -0.15) is 0 Å². The Balaban J connectivity index is 2.76. The molecule has 0 bridgehead atoms. The molecule has 0 saturated heterocycles. The molecule has 0 saturated carbocycles. The minimum atomic E-state index is -0.292. The van der Waals surface area contributed by atoms with Gasteiger partial charge in [0.1, 0.15) is 12.2 Å². The van der Waals surface area contributed by atoms with Crippen molar-refractivity contribution in [3.63, 3.8) is 0 Å². The van der Waals surface area contributed by atoms with E-state index in [0.717, 1.165) is 5.56 Å². The van der Waals surface area contributed by atoms with Crippen molar-refractivity contribution in [2.45, 2.75) is 13.3 Å². The summed E-state index contributed by atoms with van der Waals surface area (Å²) in [6.07, 6.45) is 0.185. The molecule has 0 aliphatic carbocycles. The number of methoxy groups -OCH3 is 1. The first-order chi connectivity index (χ1) is 6.17. The van der Waals surface area contributed by atoms with Gasteiger partial charge in [-0.1, -0.05) is 0 Å². The second-order valence-corrected chi connectivity index (χ2v) is 2.72. The maximum atomic E-state index is 10.9. The molecule has 4 nitrogen and oxygen atoms in total. The van der Waals surface area contributed by atoms with Gasteiger partial charge in [-0.05, 0) is 12.5 Å². The molecule has 0 aromatic carbocycles. The van der Waals surface area contributed by atoms with E-state index in [9.17, 15) is 4.79 Å². The number of carbonyl (C=O) groups excluding carboxylic acids is 1. The SMILES string of the molecule is CNc1cc(C)c(CC(=O)OC)o1. The van der Waals surface area contributed by atoms with Crippen molar-refractivity contribution >= 4 is 11.9 Å². The molecule has 0 amide bonds. The van der Waals surface area contributed by atoms with Gasteiger partial charge in [0, 0.05) is 13.1 Å². The lowest BCUT2D eigenvalue weighted by atomic mass is 10.2. The maximum absolute atomic E-state index is 10.9. The van der Waals surface area contributed by atoms with Crippen LogP contribution < -0.4 is 5.32 Å². The molecule has 1 N–H and O–H groups in total. The van der Waals surface area contributed by atoms with Gasteiger partial charge >= 0.3 is 5.97 Å². The summed E-state index contributed by atoms with van der Waals surface area (Å²) >= 11 is 0. The van der Waals surface area contributed by atoms with Crippen molar-refractivity contribution in [1.82, 2.24) is 0 Å². The van der Waals surface area contributed by atoms with Crippen LogP contribution in [-0.2, 0) is 16.0 Å². The first-order valence-electron chi connectivity index (χ1n) is 4.01. The van der Waals surface area contributed by atoms with Gasteiger partial charge in [0.2, 0.25) is 0 Å². The quantitative estimate of drug-likeness (QED) is 0.718. The molecule has 0 unspecified atom stereocenters. The molecule has 4 heteroatoms. The maximum Gasteiger partial charge on any atom is 0.313 e. The summed E-state index contributed by atoms with van der Waals surface area (Å²) in [5.74, 6) is 1.02. The summed E-state index contributed by atoms with van der Waals surface area (Å²) in [5.41, 5.74) is 0.953. The molecule has 0 aliphatic rings. The minimum Gasteiger partial charge on any atom is -0.469 e. The van der Waals surface area contributed by atoms with Gasteiger partial charge in [0.25, 0.3) is 0 Å². The zero-order chi connectivity index (χ0) is 9.84. The number of ether oxygens (including phenoxy) is 1. The normalized spacial score (nSPS) is 9.77. The number of furan rings is 1. The number of hydrogen-bond acceptors (Lipinski definition) is 4. The average molecular weight is 183 g/mol. The number of anilines is 1. The molecule has 1 rings (SSSR count). The summed E-state index contributed by atoms with van der Waals surface area (Å²) in [4.78, 5) is 10.9. The summed E-state index contributed by atoms with van der Waals surface area (Å²) in [7, 11) is 3.12. The molecule has 0 fully saturated rings. The molecule has 0 spiro atoms. The van der Waals surface area contributed by atoms with E-state index in [0.29, 0.717) is 11.6 Å². The summed E-state index contributed by atoms with van der Waals surface area (Å²) in [6, 6.07) is 1.85. The Morgan fingerprint density at radius 3 is 2.85 bits per heavy atom. The zero-order valence-electron chi connectivity index (χ0n) is 8.01. The highest BCUT2D eigenvalue weighted by Crippen LogP contribution is 2.19. The molecule has 0 radical (unpaired) electrons. The van der Waals surface area contributed by atoms with Crippen LogP contribution in [0.25, 0.3) is 0 Å². The third kappa shape index (κ3) is 2.24. The molecule has 0 atom stereocenters. The van der Waals surface area contributed by atoms with Crippen LogP contribution in [-0.4, -0.2) is 20.1 Å². The average Bonchev–Trinajstić information content (AvgIpc) is 2.47. The van der Waals surface area contributed by atoms with E-state index < -0.39 is 0 Å². The standard InChI is InChI=1S/C9H13NO3/c1-6-4-8(10-2)13-7(6)5-9(11)12-3/h4,10H,5H2,1-3H3. The predicted molar refractivity (Wildman–Crippen MR) is 48.7 cm³/mol. The van der Waals surface area contributed by atoms with Crippen molar-refractivity contribution in [3.8, 4) is 0 Å². The van der Waals surface area contributed by atoms with Gasteiger partial charge < -0.3 is 14.5 Å². The molecule has 1 aromatic heterocycles. The van der Waals surface area contributed by atoms with Crippen LogP contribution in [0, 0.1) is 6.92 Å². The fraction of sp³-hybridized carbons (Fsp3) is 0.444. The number of carbonyl (C=O) groups is 1. The highest BCUT2D eigenvalue weighted by Gasteiger charge is 2.11. The predicted octanol–water partition coefficient (Wildman–Crippen LogP) is 1.35. The van der Waals surface area contributed by atoms with Crippen LogP contribution in [0.4, 0.5) is 5.88 Å². The van der Waals surface area contributed by atoms with E-state index in [-0.39, 0.29) is 12.4 Å². The van der Waals surface area contributed by atoms with E-state index >= 15 is 0 Å². The van der Waals surface area contributed by atoms with E-state index in [1.54, 1.807) is 7.05 Å². The van der Waals surface area contributed by atoms with Crippen LogP contribution in [0.2, 0.25) is 0 Å². The first kappa shape index (κ1) is 9.64. The van der Waals surface area contributed by atoms with Gasteiger partial charge in [-0.25, -0.2) is 0 Å². The Hall–Kier alpha value is -1.45. The van der Waals surface area contributed by atoms with Crippen molar-refractivity contribution in [2.24, 2.45) is 0 Å². The van der Waals surface area contributed by atoms with Crippen molar-refractivity contribution < 1.29 is 13.9 Å². The Bertz CT molecular complexity index is 304. The lowest BCUT2D eigenvalue weighted by Gasteiger charge is -1.96. The molecule has 1 aromatic rings. The van der Waals surface area contributed by atoms with Crippen molar-refractivity contribution in [3.05, 3.63) is 17.4 Å². The van der Waals surface area contributed by atoms with Gasteiger partial charge in [-0.3, -0.25) is 4.79 Å². The minimum absolute atomic E-state index is 0.185. The molecule has 0 aliphatic heterocycles. The Kier molecular flexibility index (Phi) is 2.95. The Morgan fingerprint density at radius 1 is 1.69 bits per heavy atom. The molecule has 13 heavy (non-hydrogen) atoms. The molecule has 72 valence electrons. The van der Waals surface area contributed by atoms with E-state index in [2.05, 4.69) is 10.1 Å². The molecular formula is C9H13NO3. The lowest BCUT2D eigenvalue weighted by Crippen LogP contribution is -2.04. The van der Waals surface area contributed by atoms with E-state index in [4.69, 9.17) is 4.42 Å². The number of aryl methyl sites for hydroxylation is 1. The fourth-order valence-electron chi connectivity index (χ4n) is 1.02. The fourth-order valence-corrected chi connectivity index (χ4v) is 1.02.